The van der Waals surface area contributed by atoms with Crippen molar-refractivity contribution in [3.8, 4) is 0 Å². The number of hydrogen-bond acceptors (Lipinski definition) is 4. The highest BCUT2D eigenvalue weighted by Crippen LogP contribution is 2.12. The van der Waals surface area contributed by atoms with Gasteiger partial charge in [0.15, 0.2) is 0 Å². The number of hydrogen-bond donors (Lipinski definition) is 1. The zero-order valence-electron chi connectivity index (χ0n) is 6.22. The molecular weight excluding hydrogens is 194 g/mol. The fourth-order valence-electron chi connectivity index (χ4n) is 1.16. The summed E-state index contributed by atoms with van der Waals surface area (Å²) in [6.07, 6.45) is 1.55. The molecule has 4 heteroatoms. The highest BCUT2D eigenvalue weighted by molar-refractivity contribution is 7.84. The lowest BCUT2D eigenvalue weighted by molar-refractivity contribution is 0.853. The molecule has 0 atom stereocenters. The molecule has 0 aromatic rings. The highest BCUT2D eigenvalue weighted by Gasteiger charge is 2.24. The van der Waals surface area contributed by atoms with Crippen molar-refractivity contribution >= 4 is 51.2 Å². The Hall–Kier alpha value is 0.230. The van der Waals surface area contributed by atoms with Crippen LogP contribution < -0.4 is 5.32 Å². The van der Waals surface area contributed by atoms with E-state index in [-0.39, 0.29) is 6.04 Å². The van der Waals surface area contributed by atoms with Crippen LogP contribution in [0.5, 0.6) is 0 Å². The second-order valence-corrected chi connectivity index (χ2v) is 4.17. The van der Waals surface area contributed by atoms with Gasteiger partial charge in [-0.3, -0.25) is 0 Å². The van der Waals surface area contributed by atoms with Gasteiger partial charge in [-0.25, -0.2) is 0 Å². The first-order valence-electron chi connectivity index (χ1n) is 3.39. The third-order valence-electron chi connectivity index (χ3n) is 1.68. The van der Waals surface area contributed by atoms with Crippen molar-refractivity contribution < 1.29 is 0 Å². The van der Waals surface area contributed by atoms with Crippen LogP contribution in [0.25, 0.3) is 0 Å². The van der Waals surface area contributed by atoms with Crippen molar-refractivity contribution in [2.24, 2.45) is 0 Å². The van der Waals surface area contributed by atoms with Gasteiger partial charge in [0.25, 0.3) is 0 Å². The summed E-state index contributed by atoms with van der Waals surface area (Å²) in [6, 6.07) is 0.131. The molecule has 11 heavy (non-hydrogen) atoms. The van der Waals surface area contributed by atoms with Gasteiger partial charge in [0.05, 0.1) is 6.04 Å². The minimum absolute atomic E-state index is 0.131. The second kappa shape index (κ2) is 3.76. The standard InChI is InChI=1S/C7H9NS3/c1-8-7-5(10)2-4(9)3-6(7)11/h7-8H,2-3H2,1H3. The van der Waals surface area contributed by atoms with E-state index >= 15 is 0 Å². The maximum atomic E-state index is 5.14. The fraction of sp³-hybridized carbons (Fsp3) is 0.571. The van der Waals surface area contributed by atoms with Gasteiger partial charge in [0.2, 0.25) is 0 Å². The fourth-order valence-corrected chi connectivity index (χ4v) is 2.59. The number of nitrogens with one attached hydrogen (secondary N) is 1. The van der Waals surface area contributed by atoms with Crippen LogP contribution in [0, 0.1) is 0 Å². The van der Waals surface area contributed by atoms with Gasteiger partial charge >= 0.3 is 0 Å². The molecule has 1 saturated carbocycles. The maximum absolute atomic E-state index is 5.14. The Morgan fingerprint density at radius 1 is 1.18 bits per heavy atom. The Labute approximate surface area is 82.5 Å². The number of rotatable bonds is 1. The summed E-state index contributed by atoms with van der Waals surface area (Å²) in [7, 11) is 1.87. The molecule has 1 nitrogen and oxygen atoms in total. The Morgan fingerprint density at radius 2 is 1.64 bits per heavy atom. The molecule has 0 aromatic heterocycles. The van der Waals surface area contributed by atoms with Gasteiger partial charge in [-0.05, 0) is 7.05 Å². The molecule has 0 amide bonds. The smallest absolute Gasteiger partial charge is 0.0708 e. The van der Waals surface area contributed by atoms with Gasteiger partial charge in [-0.15, -0.1) is 0 Å². The summed E-state index contributed by atoms with van der Waals surface area (Å²) in [5.74, 6) is 0. The molecule has 0 saturated heterocycles. The van der Waals surface area contributed by atoms with Crippen LogP contribution in [0.3, 0.4) is 0 Å². The Balaban J connectivity index is 2.74. The molecule has 0 unspecified atom stereocenters. The maximum Gasteiger partial charge on any atom is 0.0708 e. The van der Waals surface area contributed by atoms with Crippen LogP contribution in [0.4, 0.5) is 0 Å². The molecule has 0 spiro atoms. The first-order chi connectivity index (χ1) is 5.15. The zero-order valence-corrected chi connectivity index (χ0v) is 8.67. The van der Waals surface area contributed by atoms with Gasteiger partial charge in [-0.1, -0.05) is 36.7 Å². The lowest BCUT2D eigenvalue weighted by atomic mass is 9.95. The Bertz CT molecular complexity index is 202. The van der Waals surface area contributed by atoms with Crippen molar-refractivity contribution in [1.82, 2.24) is 5.32 Å². The van der Waals surface area contributed by atoms with E-state index < -0.39 is 0 Å². The van der Waals surface area contributed by atoms with Crippen LogP contribution in [-0.2, 0) is 0 Å². The van der Waals surface area contributed by atoms with Crippen LogP contribution in [0.1, 0.15) is 12.8 Å². The monoisotopic (exact) mass is 203 g/mol. The molecule has 1 rings (SSSR count). The van der Waals surface area contributed by atoms with E-state index in [1.807, 2.05) is 7.05 Å². The van der Waals surface area contributed by atoms with E-state index in [1.54, 1.807) is 0 Å². The minimum Gasteiger partial charge on any atom is -0.308 e. The van der Waals surface area contributed by atoms with E-state index in [1.165, 1.54) is 0 Å². The average Bonchev–Trinajstić information content (AvgIpc) is 1.85. The molecule has 1 aliphatic rings. The lowest BCUT2D eigenvalue weighted by Gasteiger charge is -2.24. The molecule has 0 aliphatic heterocycles. The van der Waals surface area contributed by atoms with Crippen molar-refractivity contribution in [2.75, 3.05) is 7.05 Å². The van der Waals surface area contributed by atoms with Crippen molar-refractivity contribution in [1.29, 1.82) is 0 Å². The topological polar surface area (TPSA) is 12.0 Å². The van der Waals surface area contributed by atoms with Gasteiger partial charge in [-0.2, -0.15) is 0 Å². The third-order valence-corrected chi connectivity index (χ3v) is 2.72. The van der Waals surface area contributed by atoms with Crippen LogP contribution in [0.15, 0.2) is 0 Å². The molecular formula is C7H9NS3. The van der Waals surface area contributed by atoms with Crippen molar-refractivity contribution in [3.63, 3.8) is 0 Å². The molecule has 0 heterocycles. The van der Waals surface area contributed by atoms with Gasteiger partial charge in [0, 0.05) is 27.4 Å². The Kier molecular flexibility index (Phi) is 3.18. The highest BCUT2D eigenvalue weighted by atomic mass is 32.1. The quantitative estimate of drug-likeness (QED) is 0.648. The molecule has 0 radical (unpaired) electrons. The van der Waals surface area contributed by atoms with Crippen LogP contribution in [-0.4, -0.2) is 27.7 Å². The van der Waals surface area contributed by atoms with Gasteiger partial charge < -0.3 is 5.32 Å². The number of thiocarbonyl (C=S) groups is 3. The van der Waals surface area contributed by atoms with Crippen LogP contribution in [0.2, 0.25) is 0 Å². The summed E-state index contributed by atoms with van der Waals surface area (Å²) >= 11 is 15.3. The molecule has 1 N–H and O–H groups in total. The molecule has 0 aromatic carbocycles. The largest absolute Gasteiger partial charge is 0.308 e. The summed E-state index contributed by atoms with van der Waals surface area (Å²) in [5.41, 5.74) is 0. The van der Waals surface area contributed by atoms with E-state index in [9.17, 15) is 0 Å². The SMILES string of the molecule is CNC1C(=S)CC(=S)CC1=S. The molecule has 1 aliphatic carbocycles. The van der Waals surface area contributed by atoms with E-state index in [0.29, 0.717) is 0 Å². The van der Waals surface area contributed by atoms with Crippen LogP contribution >= 0.6 is 36.7 Å². The first-order valence-corrected chi connectivity index (χ1v) is 4.62. The minimum atomic E-state index is 0.131. The third kappa shape index (κ3) is 2.08. The molecule has 1 fully saturated rings. The predicted octanol–water partition coefficient (Wildman–Crippen LogP) is 1.48. The van der Waals surface area contributed by atoms with Crippen molar-refractivity contribution in [2.45, 2.75) is 18.9 Å². The first kappa shape index (κ1) is 9.32. The summed E-state index contributed by atoms with van der Waals surface area (Å²) in [6.45, 7) is 0. The van der Waals surface area contributed by atoms with Gasteiger partial charge in [0.1, 0.15) is 0 Å². The predicted molar refractivity (Wildman–Crippen MR) is 59.9 cm³/mol. The normalized spacial score (nSPS) is 21.0. The van der Waals surface area contributed by atoms with E-state index in [0.717, 1.165) is 27.4 Å². The Morgan fingerprint density at radius 3 is 2.00 bits per heavy atom. The van der Waals surface area contributed by atoms with E-state index in [2.05, 4.69) is 5.32 Å². The summed E-state index contributed by atoms with van der Waals surface area (Å²) in [5, 5.41) is 3.08. The molecule has 0 bridgehead atoms. The van der Waals surface area contributed by atoms with E-state index in [4.69, 9.17) is 36.7 Å². The lowest BCUT2D eigenvalue weighted by Crippen LogP contribution is -2.44. The summed E-state index contributed by atoms with van der Waals surface area (Å²) < 4.78 is 0. The molecule has 60 valence electrons. The average molecular weight is 203 g/mol. The summed E-state index contributed by atoms with van der Waals surface area (Å²) in [4.78, 5) is 2.86. The zero-order chi connectivity index (χ0) is 8.43. The second-order valence-electron chi connectivity index (χ2n) is 2.55. The van der Waals surface area contributed by atoms with Crippen molar-refractivity contribution in [3.05, 3.63) is 0 Å².